The van der Waals surface area contributed by atoms with Crippen molar-refractivity contribution >= 4 is 9.84 Å². The van der Waals surface area contributed by atoms with Crippen LogP contribution in [0.5, 0.6) is 0 Å². The van der Waals surface area contributed by atoms with Crippen molar-refractivity contribution in [1.29, 1.82) is 0 Å². The molecule has 0 spiro atoms. The Balaban J connectivity index is 2.51. The van der Waals surface area contributed by atoms with Gasteiger partial charge in [0.2, 0.25) is 0 Å². The lowest BCUT2D eigenvalue weighted by atomic mass is 9.84. The molecule has 0 aromatic rings. The normalized spacial score (nSPS) is 28.1. The SMILES string of the molecule is CC(C)(C)OCC(N)C1CCCC(S(C)(=O)=O)C1. The van der Waals surface area contributed by atoms with Crippen molar-refractivity contribution in [1.82, 2.24) is 0 Å². The molecule has 18 heavy (non-hydrogen) atoms. The molecule has 0 aromatic heterocycles. The zero-order chi connectivity index (χ0) is 14.0. The molecule has 1 fully saturated rings. The van der Waals surface area contributed by atoms with Crippen molar-refractivity contribution in [3.05, 3.63) is 0 Å². The summed E-state index contributed by atoms with van der Waals surface area (Å²) < 4.78 is 28.9. The van der Waals surface area contributed by atoms with Gasteiger partial charge in [-0.3, -0.25) is 0 Å². The molecule has 4 nitrogen and oxygen atoms in total. The van der Waals surface area contributed by atoms with Crippen LogP contribution in [0.15, 0.2) is 0 Å². The van der Waals surface area contributed by atoms with E-state index >= 15 is 0 Å². The monoisotopic (exact) mass is 277 g/mol. The Labute approximate surface area is 111 Å². The van der Waals surface area contributed by atoms with E-state index in [9.17, 15) is 8.42 Å². The predicted molar refractivity (Wildman–Crippen MR) is 74.3 cm³/mol. The van der Waals surface area contributed by atoms with Crippen LogP contribution >= 0.6 is 0 Å². The molecule has 2 N–H and O–H groups in total. The molecule has 3 unspecified atom stereocenters. The molecule has 1 aliphatic carbocycles. The quantitative estimate of drug-likeness (QED) is 0.849. The first-order chi connectivity index (χ1) is 8.09. The highest BCUT2D eigenvalue weighted by molar-refractivity contribution is 7.91. The van der Waals surface area contributed by atoms with Crippen LogP contribution in [0.2, 0.25) is 0 Å². The fourth-order valence-corrected chi connectivity index (χ4v) is 3.63. The minimum absolute atomic E-state index is 0.0613. The van der Waals surface area contributed by atoms with E-state index in [4.69, 9.17) is 10.5 Å². The van der Waals surface area contributed by atoms with Crippen LogP contribution in [-0.2, 0) is 14.6 Å². The number of ether oxygens (including phenoxy) is 1. The Morgan fingerprint density at radius 3 is 2.44 bits per heavy atom. The summed E-state index contributed by atoms with van der Waals surface area (Å²) in [4.78, 5) is 0. The second-order valence-electron chi connectivity index (χ2n) is 6.47. The van der Waals surface area contributed by atoms with Crippen LogP contribution in [-0.4, -0.2) is 38.2 Å². The first-order valence-corrected chi connectivity index (χ1v) is 8.63. The zero-order valence-corrected chi connectivity index (χ0v) is 12.8. The average Bonchev–Trinajstić information content (AvgIpc) is 2.24. The van der Waals surface area contributed by atoms with Gasteiger partial charge in [-0.25, -0.2) is 8.42 Å². The number of sulfone groups is 1. The predicted octanol–water partition coefficient (Wildman–Crippen LogP) is 1.73. The topological polar surface area (TPSA) is 69.4 Å². The molecule has 0 saturated heterocycles. The summed E-state index contributed by atoms with van der Waals surface area (Å²) in [6, 6.07) is -0.0613. The van der Waals surface area contributed by atoms with Crippen molar-refractivity contribution in [2.75, 3.05) is 12.9 Å². The lowest BCUT2D eigenvalue weighted by Crippen LogP contribution is -2.42. The van der Waals surface area contributed by atoms with E-state index in [0.29, 0.717) is 13.0 Å². The lowest BCUT2D eigenvalue weighted by Gasteiger charge is -2.33. The van der Waals surface area contributed by atoms with Crippen LogP contribution in [0.25, 0.3) is 0 Å². The van der Waals surface area contributed by atoms with E-state index in [1.807, 2.05) is 20.8 Å². The molecule has 108 valence electrons. The number of rotatable bonds is 4. The van der Waals surface area contributed by atoms with Gasteiger partial charge in [0, 0.05) is 12.3 Å². The molecule has 0 amide bonds. The Bertz CT molecular complexity index is 359. The van der Waals surface area contributed by atoms with Crippen LogP contribution in [0.1, 0.15) is 46.5 Å². The lowest BCUT2D eigenvalue weighted by molar-refractivity contribution is -0.0187. The van der Waals surface area contributed by atoms with E-state index in [1.54, 1.807) is 0 Å². The fraction of sp³-hybridized carbons (Fsp3) is 1.00. The van der Waals surface area contributed by atoms with Crippen molar-refractivity contribution in [2.24, 2.45) is 11.7 Å². The third kappa shape index (κ3) is 5.24. The van der Waals surface area contributed by atoms with E-state index in [-0.39, 0.29) is 22.8 Å². The van der Waals surface area contributed by atoms with Crippen molar-refractivity contribution in [2.45, 2.75) is 63.3 Å². The number of nitrogens with two attached hydrogens (primary N) is 1. The Morgan fingerprint density at radius 1 is 1.33 bits per heavy atom. The van der Waals surface area contributed by atoms with E-state index < -0.39 is 9.84 Å². The van der Waals surface area contributed by atoms with Gasteiger partial charge in [-0.05, 0) is 46.0 Å². The zero-order valence-electron chi connectivity index (χ0n) is 12.0. The molecule has 1 rings (SSSR count). The smallest absolute Gasteiger partial charge is 0.150 e. The fourth-order valence-electron chi connectivity index (χ4n) is 2.44. The third-order valence-corrected chi connectivity index (χ3v) is 5.23. The van der Waals surface area contributed by atoms with Gasteiger partial charge in [0.1, 0.15) is 9.84 Å². The van der Waals surface area contributed by atoms with Crippen LogP contribution in [0, 0.1) is 5.92 Å². The first kappa shape index (κ1) is 15.9. The van der Waals surface area contributed by atoms with Gasteiger partial charge in [0.25, 0.3) is 0 Å². The highest BCUT2D eigenvalue weighted by Gasteiger charge is 2.32. The molecule has 0 radical (unpaired) electrons. The van der Waals surface area contributed by atoms with Gasteiger partial charge in [-0.15, -0.1) is 0 Å². The van der Waals surface area contributed by atoms with Crippen LogP contribution < -0.4 is 5.73 Å². The van der Waals surface area contributed by atoms with Gasteiger partial charge in [-0.1, -0.05) is 6.42 Å². The molecule has 0 aliphatic heterocycles. The average molecular weight is 277 g/mol. The second kappa shape index (κ2) is 5.88. The summed E-state index contributed by atoms with van der Waals surface area (Å²) in [6.07, 6.45) is 4.76. The number of hydrogen-bond acceptors (Lipinski definition) is 4. The highest BCUT2D eigenvalue weighted by Crippen LogP contribution is 2.30. The van der Waals surface area contributed by atoms with Gasteiger partial charge in [-0.2, -0.15) is 0 Å². The largest absolute Gasteiger partial charge is 0.374 e. The van der Waals surface area contributed by atoms with Gasteiger partial charge in [0.05, 0.1) is 17.5 Å². The maximum atomic E-state index is 11.6. The second-order valence-corrected chi connectivity index (χ2v) is 8.79. The summed E-state index contributed by atoms with van der Waals surface area (Å²) in [5.74, 6) is 0.265. The first-order valence-electron chi connectivity index (χ1n) is 6.68. The molecule has 5 heteroatoms. The van der Waals surface area contributed by atoms with Crippen molar-refractivity contribution in [3.8, 4) is 0 Å². The summed E-state index contributed by atoms with van der Waals surface area (Å²) >= 11 is 0. The summed E-state index contributed by atoms with van der Waals surface area (Å²) in [5.41, 5.74) is 5.95. The molecule has 0 bridgehead atoms. The maximum Gasteiger partial charge on any atom is 0.150 e. The summed E-state index contributed by atoms with van der Waals surface area (Å²) in [7, 11) is -2.93. The van der Waals surface area contributed by atoms with Gasteiger partial charge >= 0.3 is 0 Å². The molecule has 1 saturated carbocycles. The molecule has 3 atom stereocenters. The molecule has 0 aromatic carbocycles. The van der Waals surface area contributed by atoms with E-state index in [1.165, 1.54) is 6.26 Å². The molecular weight excluding hydrogens is 250 g/mol. The van der Waals surface area contributed by atoms with Gasteiger partial charge < -0.3 is 10.5 Å². The van der Waals surface area contributed by atoms with Crippen LogP contribution in [0.3, 0.4) is 0 Å². The third-order valence-electron chi connectivity index (χ3n) is 3.59. The molecular formula is C13H27NO3S. The Kier molecular flexibility index (Phi) is 5.21. The number of hydrogen-bond donors (Lipinski definition) is 1. The van der Waals surface area contributed by atoms with Crippen molar-refractivity contribution < 1.29 is 13.2 Å². The summed E-state index contributed by atoms with van der Waals surface area (Å²) in [6.45, 7) is 6.50. The van der Waals surface area contributed by atoms with Gasteiger partial charge in [0.15, 0.2) is 0 Å². The minimum atomic E-state index is -2.93. The standard InChI is InChI=1S/C13H27NO3S/c1-13(2,3)17-9-12(14)10-6-5-7-11(8-10)18(4,15)16/h10-12H,5-9,14H2,1-4H3. The molecule has 0 heterocycles. The summed E-state index contributed by atoms with van der Waals surface area (Å²) in [5, 5.41) is -0.211. The highest BCUT2D eigenvalue weighted by atomic mass is 32.2. The van der Waals surface area contributed by atoms with Crippen molar-refractivity contribution in [3.63, 3.8) is 0 Å². The van der Waals surface area contributed by atoms with E-state index in [2.05, 4.69) is 0 Å². The van der Waals surface area contributed by atoms with E-state index in [0.717, 1.165) is 19.3 Å². The molecule has 1 aliphatic rings. The minimum Gasteiger partial charge on any atom is -0.374 e. The van der Waals surface area contributed by atoms with Crippen LogP contribution in [0.4, 0.5) is 0 Å². The Hall–Kier alpha value is -0.130. The Morgan fingerprint density at radius 2 is 1.94 bits per heavy atom. The maximum absolute atomic E-state index is 11.6.